The van der Waals surface area contributed by atoms with Gasteiger partial charge in [0.05, 0.1) is 17.7 Å². The molecule has 0 radical (unpaired) electrons. The molecule has 0 aliphatic carbocycles. The van der Waals surface area contributed by atoms with Crippen molar-refractivity contribution in [1.82, 2.24) is 0 Å². The Hall–Kier alpha value is -2.21. The van der Waals surface area contributed by atoms with Crippen LogP contribution in [-0.2, 0) is 4.79 Å². The van der Waals surface area contributed by atoms with Gasteiger partial charge in [0.15, 0.2) is 11.6 Å². The van der Waals surface area contributed by atoms with E-state index in [9.17, 15) is 19.5 Å². The number of carbonyl (C=O) groups excluding carboxylic acids is 3. The molecule has 0 unspecified atom stereocenters. The summed E-state index contributed by atoms with van der Waals surface area (Å²) >= 11 is 0. The molecule has 0 bridgehead atoms. The summed E-state index contributed by atoms with van der Waals surface area (Å²) in [4.78, 5) is 35.2. The van der Waals surface area contributed by atoms with Gasteiger partial charge in [-0.3, -0.25) is 14.4 Å². The SMILES string of the molecule is CCC(=O)c1c(O)ccc(OC(=O)CN)c1C(=O)CC. The maximum Gasteiger partial charge on any atom is 0.325 e. The minimum atomic E-state index is -0.726. The van der Waals surface area contributed by atoms with E-state index in [-0.39, 0.29) is 42.0 Å². The minimum absolute atomic E-state index is 0.0538. The molecule has 0 saturated carbocycles. The van der Waals surface area contributed by atoms with E-state index in [2.05, 4.69) is 0 Å². The van der Waals surface area contributed by atoms with E-state index >= 15 is 0 Å². The highest BCUT2D eigenvalue weighted by molar-refractivity contribution is 6.12. The van der Waals surface area contributed by atoms with Crippen LogP contribution in [0, 0.1) is 0 Å². The summed E-state index contributed by atoms with van der Waals surface area (Å²) in [6.45, 7) is 2.87. The maximum atomic E-state index is 12.0. The van der Waals surface area contributed by atoms with Gasteiger partial charge >= 0.3 is 5.97 Å². The van der Waals surface area contributed by atoms with Crippen molar-refractivity contribution < 1.29 is 24.2 Å². The number of nitrogens with two attached hydrogens (primary N) is 1. The van der Waals surface area contributed by atoms with Crippen molar-refractivity contribution >= 4 is 17.5 Å². The number of ether oxygens (including phenoxy) is 1. The summed E-state index contributed by atoms with van der Waals surface area (Å²) in [6.07, 6.45) is 0.229. The summed E-state index contributed by atoms with van der Waals surface area (Å²) in [5.74, 6) is -1.87. The first-order valence-corrected chi connectivity index (χ1v) is 6.29. The second kappa shape index (κ2) is 6.81. The molecule has 0 amide bonds. The summed E-state index contributed by atoms with van der Waals surface area (Å²) in [5, 5.41) is 9.81. The van der Waals surface area contributed by atoms with Gasteiger partial charge in [0.25, 0.3) is 0 Å². The van der Waals surface area contributed by atoms with E-state index in [0.717, 1.165) is 0 Å². The molecule has 0 aliphatic rings. The van der Waals surface area contributed by atoms with E-state index in [1.165, 1.54) is 12.1 Å². The van der Waals surface area contributed by atoms with Crippen LogP contribution in [0.25, 0.3) is 0 Å². The van der Waals surface area contributed by atoms with E-state index in [1.54, 1.807) is 13.8 Å². The Bertz CT molecular complexity index is 551. The van der Waals surface area contributed by atoms with Crippen LogP contribution in [0.2, 0.25) is 0 Å². The maximum absolute atomic E-state index is 12.0. The smallest absolute Gasteiger partial charge is 0.325 e. The number of phenols is 1. The van der Waals surface area contributed by atoms with Crippen molar-refractivity contribution in [2.45, 2.75) is 26.7 Å². The average molecular weight is 279 g/mol. The number of rotatable bonds is 6. The molecule has 3 N–H and O–H groups in total. The van der Waals surface area contributed by atoms with Gasteiger partial charge in [0.1, 0.15) is 11.5 Å². The standard InChI is InChI=1S/C14H17NO5/c1-3-8(16)13-10(18)5-6-11(20-12(19)7-15)14(13)9(17)4-2/h5-6,18H,3-4,7,15H2,1-2H3. The zero-order valence-electron chi connectivity index (χ0n) is 11.4. The van der Waals surface area contributed by atoms with Crippen molar-refractivity contribution in [2.75, 3.05) is 6.54 Å². The second-order valence-electron chi connectivity index (χ2n) is 4.06. The number of benzene rings is 1. The lowest BCUT2D eigenvalue weighted by molar-refractivity contribution is -0.132. The first kappa shape index (κ1) is 15.8. The molecule has 0 spiro atoms. The number of aromatic hydroxyl groups is 1. The molecule has 0 aliphatic heterocycles. The van der Waals surface area contributed by atoms with Crippen LogP contribution in [-0.4, -0.2) is 29.2 Å². The lowest BCUT2D eigenvalue weighted by atomic mass is 9.95. The summed E-state index contributed by atoms with van der Waals surface area (Å²) in [5.41, 5.74) is 4.98. The summed E-state index contributed by atoms with van der Waals surface area (Å²) in [7, 11) is 0. The molecule has 0 saturated heterocycles. The van der Waals surface area contributed by atoms with Crippen LogP contribution in [0.15, 0.2) is 12.1 Å². The molecule has 0 atom stereocenters. The van der Waals surface area contributed by atoms with Gasteiger partial charge in [-0.15, -0.1) is 0 Å². The van der Waals surface area contributed by atoms with Gasteiger partial charge in [-0.05, 0) is 12.1 Å². The van der Waals surface area contributed by atoms with Crippen LogP contribution in [0.3, 0.4) is 0 Å². The van der Waals surface area contributed by atoms with E-state index in [1.807, 2.05) is 0 Å². The Balaban J connectivity index is 3.49. The highest BCUT2D eigenvalue weighted by Crippen LogP contribution is 2.32. The van der Waals surface area contributed by atoms with Crippen LogP contribution < -0.4 is 10.5 Å². The molecule has 1 aromatic rings. The number of Topliss-reactive ketones (excluding diaryl/α,β-unsaturated/α-hetero) is 2. The van der Waals surface area contributed by atoms with E-state index in [0.29, 0.717) is 0 Å². The van der Waals surface area contributed by atoms with Gasteiger partial charge in [-0.2, -0.15) is 0 Å². The highest BCUT2D eigenvalue weighted by atomic mass is 16.5. The van der Waals surface area contributed by atoms with Crippen molar-refractivity contribution in [3.8, 4) is 11.5 Å². The van der Waals surface area contributed by atoms with E-state index < -0.39 is 17.5 Å². The van der Waals surface area contributed by atoms with Gasteiger partial charge in [0.2, 0.25) is 0 Å². The zero-order valence-corrected chi connectivity index (χ0v) is 11.4. The monoisotopic (exact) mass is 279 g/mol. The summed E-state index contributed by atoms with van der Waals surface area (Å²) < 4.78 is 4.96. The third-order valence-electron chi connectivity index (χ3n) is 2.74. The molecule has 0 heterocycles. The van der Waals surface area contributed by atoms with Gasteiger partial charge in [-0.1, -0.05) is 13.8 Å². The van der Waals surface area contributed by atoms with Gasteiger partial charge in [0, 0.05) is 12.8 Å². The molecule has 0 aromatic heterocycles. The number of ketones is 2. The first-order chi connectivity index (χ1) is 9.46. The quantitative estimate of drug-likeness (QED) is 0.463. The first-order valence-electron chi connectivity index (χ1n) is 6.29. The fourth-order valence-corrected chi connectivity index (χ4v) is 1.73. The lowest BCUT2D eigenvalue weighted by Gasteiger charge is -2.13. The van der Waals surface area contributed by atoms with Crippen LogP contribution in [0.4, 0.5) is 0 Å². The average Bonchev–Trinajstić information content (AvgIpc) is 2.46. The number of carbonyl (C=O) groups is 3. The number of hydrogen-bond donors (Lipinski definition) is 2. The van der Waals surface area contributed by atoms with Crippen molar-refractivity contribution in [3.05, 3.63) is 23.3 Å². The Morgan fingerprint density at radius 2 is 1.65 bits per heavy atom. The van der Waals surface area contributed by atoms with Crippen LogP contribution in [0.5, 0.6) is 11.5 Å². The molecule has 0 fully saturated rings. The second-order valence-corrected chi connectivity index (χ2v) is 4.06. The normalized spacial score (nSPS) is 10.2. The largest absolute Gasteiger partial charge is 0.507 e. The Morgan fingerprint density at radius 3 is 2.15 bits per heavy atom. The lowest BCUT2D eigenvalue weighted by Crippen LogP contribution is -2.21. The van der Waals surface area contributed by atoms with Crippen LogP contribution >= 0.6 is 0 Å². The third kappa shape index (κ3) is 3.21. The molecular formula is C14H17NO5. The molecule has 108 valence electrons. The minimum Gasteiger partial charge on any atom is -0.507 e. The fourth-order valence-electron chi connectivity index (χ4n) is 1.73. The predicted octanol–water partition coefficient (Wildman–Crippen LogP) is 1.44. The highest BCUT2D eigenvalue weighted by Gasteiger charge is 2.24. The zero-order chi connectivity index (χ0) is 15.3. The predicted molar refractivity (Wildman–Crippen MR) is 72.0 cm³/mol. The molecule has 6 nitrogen and oxygen atoms in total. The van der Waals surface area contributed by atoms with Crippen molar-refractivity contribution in [1.29, 1.82) is 0 Å². The molecule has 1 rings (SSSR count). The topological polar surface area (TPSA) is 107 Å². The Kier molecular flexibility index (Phi) is 5.40. The molecular weight excluding hydrogens is 262 g/mol. The number of esters is 1. The Morgan fingerprint density at radius 1 is 1.10 bits per heavy atom. The molecule has 1 aromatic carbocycles. The van der Waals surface area contributed by atoms with Crippen molar-refractivity contribution in [3.63, 3.8) is 0 Å². The Labute approximate surface area is 116 Å². The van der Waals surface area contributed by atoms with Crippen LogP contribution in [0.1, 0.15) is 47.4 Å². The van der Waals surface area contributed by atoms with E-state index in [4.69, 9.17) is 10.5 Å². The number of hydrogen-bond acceptors (Lipinski definition) is 6. The van der Waals surface area contributed by atoms with Gasteiger partial charge in [-0.25, -0.2) is 0 Å². The third-order valence-corrected chi connectivity index (χ3v) is 2.74. The summed E-state index contributed by atoms with van der Waals surface area (Å²) in [6, 6.07) is 2.49. The van der Waals surface area contributed by atoms with Gasteiger partial charge < -0.3 is 15.6 Å². The van der Waals surface area contributed by atoms with Crippen molar-refractivity contribution in [2.24, 2.45) is 5.73 Å². The number of phenolic OH excluding ortho intramolecular Hbond substituents is 1. The fraction of sp³-hybridized carbons (Fsp3) is 0.357. The molecule has 6 heteroatoms. The molecule has 20 heavy (non-hydrogen) atoms.